The maximum atomic E-state index is 14.5. The van der Waals surface area contributed by atoms with Gasteiger partial charge in [0.1, 0.15) is 6.17 Å². The second-order valence-corrected chi connectivity index (χ2v) is 8.03. The summed E-state index contributed by atoms with van der Waals surface area (Å²) in [6.45, 7) is 0.718. The van der Waals surface area contributed by atoms with E-state index in [1.807, 2.05) is 17.0 Å². The van der Waals surface area contributed by atoms with Gasteiger partial charge in [0, 0.05) is 39.0 Å². The Morgan fingerprint density at radius 3 is 2.76 bits per heavy atom. The van der Waals surface area contributed by atoms with Crippen LogP contribution in [-0.4, -0.2) is 53.4 Å². The molecule has 33 heavy (non-hydrogen) atoms. The summed E-state index contributed by atoms with van der Waals surface area (Å²) < 4.78 is 34.8. The van der Waals surface area contributed by atoms with Crippen molar-refractivity contribution in [2.24, 2.45) is 7.05 Å². The first kappa shape index (κ1) is 22.6. The predicted octanol–water partition coefficient (Wildman–Crippen LogP) is 2.12. The average Bonchev–Trinajstić information content (AvgIpc) is 2.82. The van der Waals surface area contributed by atoms with Crippen molar-refractivity contribution in [3.8, 4) is 5.75 Å². The van der Waals surface area contributed by atoms with Crippen LogP contribution in [0.4, 0.5) is 14.7 Å². The fourth-order valence-electron chi connectivity index (χ4n) is 3.84. The van der Waals surface area contributed by atoms with E-state index in [0.717, 1.165) is 11.8 Å². The molecule has 1 aliphatic rings. The van der Waals surface area contributed by atoms with Crippen LogP contribution in [0.25, 0.3) is 10.9 Å². The smallest absolute Gasteiger partial charge is 0.293 e. The van der Waals surface area contributed by atoms with E-state index < -0.39 is 12.0 Å². The summed E-state index contributed by atoms with van der Waals surface area (Å²) in [5.41, 5.74) is 1.34. The SMILES string of the molecule is CNC(=O)COc1cc2cc(Cc3nc(N4CCC(F)CC4)ncc3F)ccc2n(C)c1=O. The molecule has 1 fully saturated rings. The predicted molar refractivity (Wildman–Crippen MR) is 120 cm³/mol. The van der Waals surface area contributed by atoms with E-state index in [2.05, 4.69) is 15.3 Å². The molecule has 0 bridgehead atoms. The van der Waals surface area contributed by atoms with Crippen molar-refractivity contribution in [3.05, 3.63) is 57.9 Å². The molecule has 0 aliphatic carbocycles. The Bertz CT molecular complexity index is 1240. The molecule has 0 spiro atoms. The van der Waals surface area contributed by atoms with Gasteiger partial charge in [-0.15, -0.1) is 0 Å². The van der Waals surface area contributed by atoms with Gasteiger partial charge in [0.05, 0.1) is 17.4 Å². The van der Waals surface area contributed by atoms with Gasteiger partial charge in [0.15, 0.2) is 18.2 Å². The molecule has 1 amide bonds. The summed E-state index contributed by atoms with van der Waals surface area (Å²) in [5, 5.41) is 3.15. The van der Waals surface area contributed by atoms with Gasteiger partial charge in [0.2, 0.25) is 5.95 Å². The lowest BCUT2D eigenvalue weighted by molar-refractivity contribution is -0.122. The van der Waals surface area contributed by atoms with Crippen molar-refractivity contribution in [1.82, 2.24) is 19.9 Å². The molecule has 2 aromatic heterocycles. The first-order valence-electron chi connectivity index (χ1n) is 10.7. The molecule has 1 N–H and O–H groups in total. The molecule has 8 nitrogen and oxygen atoms in total. The van der Waals surface area contributed by atoms with Crippen LogP contribution in [0.15, 0.2) is 35.3 Å². The van der Waals surface area contributed by atoms with Gasteiger partial charge in [-0.05, 0) is 36.6 Å². The minimum Gasteiger partial charge on any atom is -0.478 e. The highest BCUT2D eigenvalue weighted by atomic mass is 19.1. The number of halogens is 2. The highest BCUT2D eigenvalue weighted by Crippen LogP contribution is 2.23. The van der Waals surface area contributed by atoms with Gasteiger partial charge in [-0.1, -0.05) is 6.07 Å². The maximum Gasteiger partial charge on any atom is 0.293 e. The number of carbonyl (C=O) groups excluding carboxylic acids is 1. The number of hydrogen-bond acceptors (Lipinski definition) is 6. The number of carbonyl (C=O) groups is 1. The molecule has 10 heteroatoms. The molecular weight excluding hydrogens is 432 g/mol. The number of likely N-dealkylation sites (N-methyl/N-ethyl adjacent to an activating group) is 1. The van der Waals surface area contributed by atoms with Crippen molar-refractivity contribution >= 4 is 22.8 Å². The number of hydrogen-bond donors (Lipinski definition) is 1. The van der Waals surface area contributed by atoms with Gasteiger partial charge >= 0.3 is 0 Å². The van der Waals surface area contributed by atoms with Gasteiger partial charge in [-0.3, -0.25) is 9.59 Å². The number of fused-ring (bicyclic) bond motifs is 1. The number of nitrogens with zero attached hydrogens (tertiary/aromatic N) is 4. The molecule has 0 radical (unpaired) electrons. The molecule has 1 saturated heterocycles. The highest BCUT2D eigenvalue weighted by molar-refractivity contribution is 5.81. The van der Waals surface area contributed by atoms with Crippen LogP contribution < -0.4 is 20.5 Å². The van der Waals surface area contributed by atoms with Crippen LogP contribution in [0.3, 0.4) is 0 Å². The molecule has 0 saturated carbocycles. The van der Waals surface area contributed by atoms with Crippen molar-refractivity contribution < 1.29 is 18.3 Å². The summed E-state index contributed by atoms with van der Waals surface area (Å²) in [7, 11) is 3.10. The highest BCUT2D eigenvalue weighted by Gasteiger charge is 2.21. The molecule has 174 valence electrons. The van der Waals surface area contributed by atoms with Crippen molar-refractivity contribution in [1.29, 1.82) is 0 Å². The Kier molecular flexibility index (Phi) is 6.52. The third kappa shape index (κ3) is 4.94. The Morgan fingerprint density at radius 1 is 1.27 bits per heavy atom. The van der Waals surface area contributed by atoms with E-state index >= 15 is 0 Å². The van der Waals surface area contributed by atoms with Gasteiger partial charge < -0.3 is 19.5 Å². The zero-order valence-corrected chi connectivity index (χ0v) is 18.5. The van der Waals surface area contributed by atoms with E-state index in [9.17, 15) is 18.4 Å². The monoisotopic (exact) mass is 457 g/mol. The van der Waals surface area contributed by atoms with Gasteiger partial charge in [-0.25, -0.2) is 18.7 Å². The zero-order chi connectivity index (χ0) is 23.5. The number of alkyl halides is 1. The van der Waals surface area contributed by atoms with Gasteiger partial charge in [0.25, 0.3) is 11.5 Å². The Balaban J connectivity index is 1.61. The first-order chi connectivity index (χ1) is 15.9. The van der Waals surface area contributed by atoms with Crippen LogP contribution in [0.2, 0.25) is 0 Å². The van der Waals surface area contributed by atoms with Crippen LogP contribution in [0, 0.1) is 5.82 Å². The summed E-state index contributed by atoms with van der Waals surface area (Å²) in [6, 6.07) is 6.99. The fourth-order valence-corrected chi connectivity index (χ4v) is 3.84. The number of anilines is 1. The lowest BCUT2D eigenvalue weighted by Crippen LogP contribution is -2.35. The van der Waals surface area contributed by atoms with Crippen molar-refractivity contribution in [3.63, 3.8) is 0 Å². The number of aromatic nitrogens is 3. The van der Waals surface area contributed by atoms with E-state index in [1.54, 1.807) is 19.2 Å². The van der Waals surface area contributed by atoms with Crippen LogP contribution in [0.5, 0.6) is 5.75 Å². The van der Waals surface area contributed by atoms with E-state index in [1.165, 1.54) is 11.6 Å². The lowest BCUT2D eigenvalue weighted by Gasteiger charge is -2.28. The molecule has 1 aromatic carbocycles. The third-order valence-electron chi connectivity index (χ3n) is 5.78. The number of aryl methyl sites for hydroxylation is 1. The lowest BCUT2D eigenvalue weighted by atomic mass is 10.1. The van der Waals surface area contributed by atoms with Crippen molar-refractivity contribution in [2.45, 2.75) is 25.4 Å². The molecule has 3 aromatic rings. The number of amides is 1. The molecule has 0 atom stereocenters. The third-order valence-corrected chi connectivity index (χ3v) is 5.78. The average molecular weight is 457 g/mol. The second-order valence-electron chi connectivity index (χ2n) is 8.03. The topological polar surface area (TPSA) is 89.3 Å². The Hall–Kier alpha value is -3.56. The number of nitrogens with one attached hydrogen (secondary N) is 1. The normalized spacial score (nSPS) is 14.5. The Labute approximate surface area is 189 Å². The largest absolute Gasteiger partial charge is 0.478 e. The van der Waals surface area contributed by atoms with Crippen LogP contribution in [-0.2, 0) is 18.3 Å². The van der Waals surface area contributed by atoms with Crippen molar-refractivity contribution in [2.75, 3.05) is 31.6 Å². The van der Waals surface area contributed by atoms with E-state index in [4.69, 9.17) is 4.74 Å². The molecule has 3 heterocycles. The summed E-state index contributed by atoms with van der Waals surface area (Å²) in [6.07, 6.45) is 1.36. The van der Waals surface area contributed by atoms with E-state index in [0.29, 0.717) is 42.8 Å². The maximum absolute atomic E-state index is 14.5. The van der Waals surface area contributed by atoms with Gasteiger partial charge in [-0.2, -0.15) is 0 Å². The number of rotatable bonds is 6. The quantitative estimate of drug-likeness (QED) is 0.610. The minimum atomic E-state index is -0.819. The molecule has 0 unspecified atom stereocenters. The summed E-state index contributed by atoms with van der Waals surface area (Å²) in [4.78, 5) is 34.3. The first-order valence-corrected chi connectivity index (χ1v) is 10.7. The van der Waals surface area contributed by atoms with E-state index in [-0.39, 0.29) is 35.9 Å². The number of ether oxygens (including phenoxy) is 1. The molecule has 1 aliphatic heterocycles. The van der Waals surface area contributed by atoms with Crippen LogP contribution >= 0.6 is 0 Å². The fraction of sp³-hybridized carbons (Fsp3) is 0.391. The zero-order valence-electron chi connectivity index (χ0n) is 18.5. The number of benzene rings is 1. The summed E-state index contributed by atoms with van der Waals surface area (Å²) in [5.74, 6) is -0.421. The number of pyridine rings is 1. The van der Waals surface area contributed by atoms with Crippen LogP contribution in [0.1, 0.15) is 24.1 Å². The summed E-state index contributed by atoms with van der Waals surface area (Å²) >= 11 is 0. The molecule has 4 rings (SSSR count). The number of piperidine rings is 1. The standard InChI is InChI=1S/C23H25F2N5O3/c1-26-21(31)13-33-20-11-15-9-14(3-4-19(15)29(2)22(20)32)10-18-17(25)12-27-23(28-18)30-7-5-16(24)6-8-30/h3-4,9,11-12,16H,5-8,10,13H2,1-2H3,(H,26,31). The molecular formula is C23H25F2N5O3. The Morgan fingerprint density at radius 2 is 2.03 bits per heavy atom. The second kappa shape index (κ2) is 9.51. The minimum absolute atomic E-state index is 0.0533.